The Hall–Kier alpha value is -1.88. The van der Waals surface area contributed by atoms with Crippen molar-refractivity contribution in [3.63, 3.8) is 0 Å². The predicted molar refractivity (Wildman–Crippen MR) is 94.5 cm³/mol. The van der Waals surface area contributed by atoms with Gasteiger partial charge >= 0.3 is 5.97 Å². The van der Waals surface area contributed by atoms with E-state index in [1.165, 1.54) is 0 Å². The number of carbonyl (C=O) groups excluding carboxylic acids is 2. The molecule has 5 nitrogen and oxygen atoms in total. The van der Waals surface area contributed by atoms with E-state index in [1.54, 1.807) is 6.07 Å². The van der Waals surface area contributed by atoms with Crippen molar-refractivity contribution >= 4 is 11.9 Å². The first kappa shape index (κ1) is 16.6. The maximum atomic E-state index is 13.5. The van der Waals surface area contributed by atoms with Gasteiger partial charge in [-0.2, -0.15) is 0 Å². The first-order valence-electron chi connectivity index (χ1n) is 9.40. The third-order valence-electron chi connectivity index (χ3n) is 6.08. The van der Waals surface area contributed by atoms with Crippen LogP contribution >= 0.6 is 0 Å². The number of hydrogen-bond donors (Lipinski definition) is 0. The Bertz CT molecular complexity index is 673. The van der Waals surface area contributed by atoms with Gasteiger partial charge in [0.05, 0.1) is 5.56 Å². The second kappa shape index (κ2) is 6.45. The van der Waals surface area contributed by atoms with Crippen LogP contribution in [0.1, 0.15) is 53.9 Å². The molecule has 4 rings (SSSR count). The average molecular weight is 342 g/mol. The van der Waals surface area contributed by atoms with Crippen LogP contribution in [-0.2, 0) is 9.53 Å². The molecule has 3 aliphatic rings. The highest BCUT2D eigenvalue weighted by molar-refractivity contribution is 5.98. The minimum Gasteiger partial charge on any atom is -0.454 e. The Labute approximate surface area is 148 Å². The van der Waals surface area contributed by atoms with E-state index in [9.17, 15) is 9.59 Å². The third kappa shape index (κ3) is 2.84. The number of amides is 1. The zero-order chi connectivity index (χ0) is 17.4. The van der Waals surface area contributed by atoms with Crippen molar-refractivity contribution in [2.75, 3.05) is 33.2 Å². The molecule has 0 radical (unpaired) electrons. The Morgan fingerprint density at radius 3 is 2.48 bits per heavy atom. The van der Waals surface area contributed by atoms with Crippen molar-refractivity contribution in [1.82, 2.24) is 9.80 Å². The number of benzene rings is 1. The molecule has 2 heterocycles. The highest BCUT2D eigenvalue weighted by Crippen LogP contribution is 2.48. The summed E-state index contributed by atoms with van der Waals surface area (Å²) in [5, 5.41) is 0. The van der Waals surface area contributed by atoms with Crippen LogP contribution in [0.15, 0.2) is 24.3 Å². The van der Waals surface area contributed by atoms with E-state index in [-0.39, 0.29) is 17.8 Å². The zero-order valence-electron chi connectivity index (χ0n) is 14.9. The number of fused-ring (bicyclic) bond motifs is 1. The van der Waals surface area contributed by atoms with E-state index >= 15 is 0 Å². The van der Waals surface area contributed by atoms with Crippen molar-refractivity contribution in [2.45, 2.75) is 43.6 Å². The lowest BCUT2D eigenvalue weighted by Gasteiger charge is -2.47. The smallest absolute Gasteiger partial charge is 0.339 e. The molecule has 1 unspecified atom stereocenters. The van der Waals surface area contributed by atoms with E-state index in [1.807, 2.05) is 23.1 Å². The maximum absolute atomic E-state index is 13.5. The number of esters is 1. The van der Waals surface area contributed by atoms with Gasteiger partial charge in [-0.25, -0.2) is 4.79 Å². The van der Waals surface area contributed by atoms with Gasteiger partial charge in [-0.05, 0) is 44.4 Å². The largest absolute Gasteiger partial charge is 0.454 e. The maximum Gasteiger partial charge on any atom is 0.339 e. The molecule has 2 fully saturated rings. The highest BCUT2D eigenvalue weighted by Gasteiger charge is 2.53. The molecule has 1 saturated carbocycles. The molecule has 1 aromatic carbocycles. The summed E-state index contributed by atoms with van der Waals surface area (Å²) in [7, 11) is 2.09. The number of ether oxygens (including phenoxy) is 1. The number of nitrogens with zero attached hydrogens (tertiary/aromatic N) is 2. The number of piperazine rings is 1. The average Bonchev–Trinajstić information content (AvgIpc) is 2.63. The number of hydrogen-bond acceptors (Lipinski definition) is 4. The topological polar surface area (TPSA) is 49.9 Å². The lowest BCUT2D eigenvalue weighted by Crippen LogP contribution is -2.56. The van der Waals surface area contributed by atoms with Gasteiger partial charge in [0.1, 0.15) is 11.5 Å². The molecule has 1 aliphatic carbocycles. The zero-order valence-corrected chi connectivity index (χ0v) is 14.9. The number of carbonyl (C=O) groups is 2. The first-order chi connectivity index (χ1) is 12.1. The molecule has 25 heavy (non-hydrogen) atoms. The summed E-state index contributed by atoms with van der Waals surface area (Å²) in [6.07, 6.45) is 4.76. The van der Waals surface area contributed by atoms with Crippen molar-refractivity contribution < 1.29 is 14.3 Å². The minimum atomic E-state index is -0.649. The van der Waals surface area contributed by atoms with Crippen LogP contribution in [0, 0.1) is 0 Å². The van der Waals surface area contributed by atoms with Crippen molar-refractivity contribution in [2.24, 2.45) is 0 Å². The standard InChI is InChI=1S/C20H26N2O3/c1-21-11-13-22(14-12-21)18(23)17-15-7-3-4-8-16(15)19(24)25-20(17)9-5-2-6-10-20/h3-4,7-8,17H,2,5-6,9-14H2,1H3. The number of rotatable bonds is 1. The molecule has 1 spiro atoms. The van der Waals surface area contributed by atoms with Crippen LogP contribution in [0.4, 0.5) is 0 Å². The van der Waals surface area contributed by atoms with E-state index in [0.717, 1.165) is 63.8 Å². The quantitative estimate of drug-likeness (QED) is 0.736. The molecule has 1 aromatic rings. The van der Waals surface area contributed by atoms with Gasteiger partial charge in [-0.3, -0.25) is 4.79 Å². The summed E-state index contributed by atoms with van der Waals surface area (Å²) in [6, 6.07) is 7.51. The van der Waals surface area contributed by atoms with Crippen molar-refractivity contribution in [1.29, 1.82) is 0 Å². The summed E-state index contributed by atoms with van der Waals surface area (Å²) in [4.78, 5) is 30.3. The minimum absolute atomic E-state index is 0.134. The van der Waals surface area contributed by atoms with Crippen molar-refractivity contribution in [3.05, 3.63) is 35.4 Å². The van der Waals surface area contributed by atoms with Gasteiger partial charge in [0, 0.05) is 26.2 Å². The molecule has 5 heteroatoms. The molecule has 0 aromatic heterocycles. The Morgan fingerprint density at radius 1 is 1.08 bits per heavy atom. The normalized spacial score (nSPS) is 26.2. The van der Waals surface area contributed by atoms with Crippen LogP contribution in [0.3, 0.4) is 0 Å². The molecule has 1 amide bonds. The SMILES string of the molecule is CN1CCN(C(=O)C2c3ccccc3C(=O)OC23CCCCC3)CC1. The molecule has 0 bridgehead atoms. The van der Waals surface area contributed by atoms with Crippen LogP contribution in [-0.4, -0.2) is 60.5 Å². The fraction of sp³-hybridized carbons (Fsp3) is 0.600. The predicted octanol–water partition coefficient (Wildman–Crippen LogP) is 2.42. The second-order valence-electron chi connectivity index (χ2n) is 7.66. The second-order valence-corrected chi connectivity index (χ2v) is 7.66. The number of likely N-dealkylation sites (N-methyl/N-ethyl adjacent to an activating group) is 1. The van der Waals surface area contributed by atoms with Gasteiger partial charge < -0.3 is 14.5 Å². The van der Waals surface area contributed by atoms with E-state index in [4.69, 9.17) is 4.74 Å². The summed E-state index contributed by atoms with van der Waals surface area (Å²) in [5.74, 6) is -0.486. The van der Waals surface area contributed by atoms with Gasteiger partial charge in [0.15, 0.2) is 0 Å². The first-order valence-corrected chi connectivity index (χ1v) is 9.40. The van der Waals surface area contributed by atoms with Crippen molar-refractivity contribution in [3.8, 4) is 0 Å². The molecule has 1 atom stereocenters. The summed E-state index contributed by atoms with van der Waals surface area (Å²) in [6.45, 7) is 3.29. The monoisotopic (exact) mass is 342 g/mol. The Morgan fingerprint density at radius 2 is 1.76 bits per heavy atom. The lowest BCUT2D eigenvalue weighted by atomic mass is 9.69. The van der Waals surface area contributed by atoms with Crippen LogP contribution in [0.5, 0.6) is 0 Å². The van der Waals surface area contributed by atoms with E-state index in [0.29, 0.717) is 5.56 Å². The van der Waals surface area contributed by atoms with E-state index in [2.05, 4.69) is 11.9 Å². The molecular formula is C20H26N2O3. The summed E-state index contributed by atoms with van der Waals surface area (Å²) in [5.41, 5.74) is 0.778. The summed E-state index contributed by atoms with van der Waals surface area (Å²) < 4.78 is 5.99. The highest BCUT2D eigenvalue weighted by atomic mass is 16.6. The molecule has 134 valence electrons. The van der Waals surface area contributed by atoms with Gasteiger partial charge in [0.25, 0.3) is 0 Å². The Kier molecular flexibility index (Phi) is 4.28. The molecule has 1 saturated heterocycles. The molecule has 0 N–H and O–H groups in total. The Balaban J connectivity index is 1.73. The fourth-order valence-corrected chi connectivity index (χ4v) is 4.62. The van der Waals surface area contributed by atoms with Gasteiger partial charge in [0.2, 0.25) is 5.91 Å². The fourth-order valence-electron chi connectivity index (χ4n) is 4.62. The van der Waals surface area contributed by atoms with E-state index < -0.39 is 5.60 Å². The van der Waals surface area contributed by atoms with Gasteiger partial charge in [-0.1, -0.05) is 24.6 Å². The lowest BCUT2D eigenvalue weighted by molar-refractivity contribution is -0.144. The van der Waals surface area contributed by atoms with Crippen LogP contribution < -0.4 is 0 Å². The van der Waals surface area contributed by atoms with Crippen LogP contribution in [0.25, 0.3) is 0 Å². The van der Waals surface area contributed by atoms with Crippen LogP contribution in [0.2, 0.25) is 0 Å². The van der Waals surface area contributed by atoms with Gasteiger partial charge in [-0.15, -0.1) is 0 Å². The third-order valence-corrected chi connectivity index (χ3v) is 6.08. The molecule has 2 aliphatic heterocycles. The summed E-state index contributed by atoms with van der Waals surface area (Å²) >= 11 is 0. The molecular weight excluding hydrogens is 316 g/mol.